The van der Waals surface area contributed by atoms with Gasteiger partial charge in [-0.3, -0.25) is 19.2 Å². The van der Waals surface area contributed by atoms with Crippen molar-refractivity contribution in [3.05, 3.63) is 71.5 Å². The lowest BCUT2D eigenvalue weighted by molar-refractivity contribution is -0.118. The van der Waals surface area contributed by atoms with Crippen LogP contribution in [0.2, 0.25) is 0 Å². The van der Waals surface area contributed by atoms with E-state index in [1.807, 2.05) is 20.8 Å². The number of nitrogens with one attached hydrogen (secondary N) is 4. The summed E-state index contributed by atoms with van der Waals surface area (Å²) in [4.78, 5) is 52.2. The second-order valence-corrected chi connectivity index (χ2v) is 11.6. The predicted molar refractivity (Wildman–Crippen MR) is 163 cm³/mol. The van der Waals surface area contributed by atoms with E-state index in [9.17, 15) is 23.6 Å². The SMILES string of the molecule is CNC(=O)c1c(-c2ccc(F)cc2)oc2cc3c(cc12)-c1cc(cc(C(=O)NC(C)(C)C)c1)NC(=O)CCCCC(=O)N3. The van der Waals surface area contributed by atoms with Gasteiger partial charge in [0.15, 0.2) is 0 Å². The zero-order valence-corrected chi connectivity index (χ0v) is 24.4. The minimum absolute atomic E-state index is 0.198. The normalized spacial score (nSPS) is 14.0. The van der Waals surface area contributed by atoms with Crippen LogP contribution in [0.5, 0.6) is 0 Å². The molecule has 1 aliphatic heterocycles. The molecule has 0 unspecified atom stereocenters. The Morgan fingerprint density at radius 1 is 0.860 bits per heavy atom. The van der Waals surface area contributed by atoms with Gasteiger partial charge in [-0.25, -0.2) is 4.39 Å². The molecule has 1 aromatic heterocycles. The maximum atomic E-state index is 13.7. The van der Waals surface area contributed by atoms with E-state index in [1.54, 1.807) is 30.3 Å². The Bertz CT molecular complexity index is 1750. The molecule has 0 fully saturated rings. The number of carbonyl (C=O) groups is 4. The van der Waals surface area contributed by atoms with E-state index in [0.29, 0.717) is 57.4 Å². The molecule has 0 aliphatic carbocycles. The van der Waals surface area contributed by atoms with Crippen molar-refractivity contribution in [2.45, 2.75) is 52.0 Å². The number of hydrogen-bond acceptors (Lipinski definition) is 5. The summed E-state index contributed by atoms with van der Waals surface area (Å²) in [5.74, 6) is -1.43. The van der Waals surface area contributed by atoms with Crippen molar-refractivity contribution in [1.29, 1.82) is 0 Å². The lowest BCUT2D eigenvalue weighted by Gasteiger charge is -2.21. The summed E-state index contributed by atoms with van der Waals surface area (Å²) in [5.41, 5.74) is 2.72. The highest BCUT2D eigenvalue weighted by Crippen LogP contribution is 2.41. The van der Waals surface area contributed by atoms with Crippen molar-refractivity contribution in [2.75, 3.05) is 17.7 Å². The molecule has 10 heteroatoms. The van der Waals surface area contributed by atoms with Gasteiger partial charge in [-0.05, 0) is 87.7 Å². The topological polar surface area (TPSA) is 130 Å². The number of furan rings is 1. The summed E-state index contributed by atoms with van der Waals surface area (Å²) >= 11 is 0. The highest BCUT2D eigenvalue weighted by molar-refractivity contribution is 6.13. The van der Waals surface area contributed by atoms with Crippen LogP contribution in [0.3, 0.4) is 0 Å². The largest absolute Gasteiger partial charge is 0.455 e. The summed E-state index contributed by atoms with van der Waals surface area (Å²) in [6.07, 6.45) is 1.44. The van der Waals surface area contributed by atoms with E-state index in [2.05, 4.69) is 21.3 Å². The molecule has 2 heterocycles. The lowest BCUT2D eigenvalue weighted by atomic mass is 9.96. The molecule has 2 bridgehead atoms. The van der Waals surface area contributed by atoms with E-state index < -0.39 is 17.3 Å². The summed E-state index contributed by atoms with van der Waals surface area (Å²) in [5, 5.41) is 11.9. The molecular weight excluding hydrogens is 551 g/mol. The fraction of sp³-hybridized carbons (Fsp3) is 0.273. The summed E-state index contributed by atoms with van der Waals surface area (Å²) in [7, 11) is 1.50. The number of anilines is 2. The Labute approximate surface area is 248 Å². The number of fused-ring (bicyclic) bond motifs is 5. The molecule has 4 aromatic rings. The van der Waals surface area contributed by atoms with Crippen molar-refractivity contribution in [3.63, 3.8) is 0 Å². The molecule has 43 heavy (non-hydrogen) atoms. The van der Waals surface area contributed by atoms with Gasteiger partial charge in [0.1, 0.15) is 17.2 Å². The highest BCUT2D eigenvalue weighted by Gasteiger charge is 2.25. The Balaban J connectivity index is 1.78. The first kappa shape index (κ1) is 29.5. The van der Waals surface area contributed by atoms with Crippen LogP contribution in [0, 0.1) is 5.82 Å². The molecule has 222 valence electrons. The van der Waals surface area contributed by atoms with Crippen LogP contribution in [-0.4, -0.2) is 36.2 Å². The van der Waals surface area contributed by atoms with Crippen LogP contribution >= 0.6 is 0 Å². The average molecular weight is 585 g/mol. The molecule has 9 nitrogen and oxygen atoms in total. The molecular formula is C33H33FN4O5. The van der Waals surface area contributed by atoms with Crippen LogP contribution in [-0.2, 0) is 9.59 Å². The Morgan fingerprint density at radius 3 is 2.19 bits per heavy atom. The third kappa shape index (κ3) is 6.58. The van der Waals surface area contributed by atoms with Crippen LogP contribution in [0.4, 0.5) is 15.8 Å². The van der Waals surface area contributed by atoms with Gasteiger partial charge in [0, 0.05) is 59.3 Å². The Morgan fingerprint density at radius 2 is 1.53 bits per heavy atom. The number of amides is 4. The van der Waals surface area contributed by atoms with Crippen LogP contribution in [0.1, 0.15) is 67.2 Å². The smallest absolute Gasteiger partial charge is 0.255 e. The van der Waals surface area contributed by atoms with Crippen molar-refractivity contribution < 1.29 is 28.0 Å². The molecule has 0 atom stereocenters. The quantitative estimate of drug-likeness (QED) is 0.226. The Hall–Kier alpha value is -4.99. The average Bonchev–Trinajstić information content (AvgIpc) is 3.31. The van der Waals surface area contributed by atoms with E-state index in [4.69, 9.17) is 4.42 Å². The fourth-order valence-corrected chi connectivity index (χ4v) is 5.05. The molecule has 5 rings (SSSR count). The van der Waals surface area contributed by atoms with Crippen molar-refractivity contribution in [1.82, 2.24) is 10.6 Å². The number of rotatable bonds is 3. The third-order valence-electron chi connectivity index (χ3n) is 7.00. The number of halogens is 1. The van der Waals surface area contributed by atoms with Crippen molar-refractivity contribution in [2.24, 2.45) is 0 Å². The van der Waals surface area contributed by atoms with Gasteiger partial charge < -0.3 is 25.7 Å². The van der Waals surface area contributed by atoms with E-state index in [1.165, 1.54) is 31.3 Å². The summed E-state index contributed by atoms with van der Waals surface area (Å²) < 4.78 is 19.9. The Kier molecular flexibility index (Phi) is 8.04. The van der Waals surface area contributed by atoms with Gasteiger partial charge in [-0.2, -0.15) is 0 Å². The van der Waals surface area contributed by atoms with Gasteiger partial charge in [0.25, 0.3) is 11.8 Å². The fourth-order valence-electron chi connectivity index (χ4n) is 5.05. The monoisotopic (exact) mass is 584 g/mol. The molecule has 0 spiro atoms. The maximum absolute atomic E-state index is 13.7. The third-order valence-corrected chi connectivity index (χ3v) is 7.00. The van der Waals surface area contributed by atoms with Crippen molar-refractivity contribution in [3.8, 4) is 22.5 Å². The number of benzene rings is 3. The van der Waals surface area contributed by atoms with Gasteiger partial charge in [-0.1, -0.05) is 0 Å². The first-order valence-electron chi connectivity index (χ1n) is 14.1. The van der Waals surface area contributed by atoms with Crippen LogP contribution in [0.25, 0.3) is 33.4 Å². The standard InChI is InChI=1S/C33H33FN4O5/c1-33(2,3)38-31(41)20-13-19-14-22(15-20)36-27(39)7-5-6-8-28(40)37-25-17-26-24(16-23(19)25)29(32(42)35-4)30(43-26)18-9-11-21(34)12-10-18/h9-17H,5-8H2,1-4H3,(H,35,42)(H,36,39)(H,37,40)(H,38,41). The first-order chi connectivity index (χ1) is 20.4. The van der Waals surface area contributed by atoms with Gasteiger partial charge in [-0.15, -0.1) is 0 Å². The second-order valence-electron chi connectivity index (χ2n) is 11.6. The zero-order valence-electron chi connectivity index (χ0n) is 24.4. The summed E-state index contributed by atoms with van der Waals surface area (Å²) in [6.45, 7) is 5.60. The van der Waals surface area contributed by atoms with Gasteiger partial charge in [0.05, 0.1) is 11.3 Å². The van der Waals surface area contributed by atoms with E-state index in [-0.39, 0.29) is 41.9 Å². The number of carbonyl (C=O) groups excluding carboxylic acids is 4. The lowest BCUT2D eigenvalue weighted by Crippen LogP contribution is -2.40. The van der Waals surface area contributed by atoms with Crippen LogP contribution < -0.4 is 21.3 Å². The molecule has 3 aromatic carbocycles. The molecule has 4 amide bonds. The molecule has 0 saturated heterocycles. The predicted octanol–water partition coefficient (Wildman–Crippen LogP) is 6.24. The second kappa shape index (κ2) is 11.7. The molecule has 1 aliphatic rings. The minimum atomic E-state index is -0.511. The van der Waals surface area contributed by atoms with Crippen molar-refractivity contribution >= 4 is 46.0 Å². The van der Waals surface area contributed by atoms with Gasteiger partial charge in [0.2, 0.25) is 11.8 Å². The molecule has 0 saturated carbocycles. The maximum Gasteiger partial charge on any atom is 0.255 e. The summed E-state index contributed by atoms with van der Waals surface area (Å²) in [6, 6.07) is 14.0. The highest BCUT2D eigenvalue weighted by atomic mass is 19.1. The molecule has 0 radical (unpaired) electrons. The number of hydrogen-bond donors (Lipinski definition) is 4. The van der Waals surface area contributed by atoms with Crippen LogP contribution in [0.15, 0.2) is 59.0 Å². The molecule has 4 N–H and O–H groups in total. The minimum Gasteiger partial charge on any atom is -0.455 e. The first-order valence-corrected chi connectivity index (χ1v) is 14.1. The van der Waals surface area contributed by atoms with E-state index in [0.717, 1.165) is 0 Å². The zero-order chi connectivity index (χ0) is 30.9. The van der Waals surface area contributed by atoms with E-state index >= 15 is 0 Å². The van der Waals surface area contributed by atoms with Gasteiger partial charge >= 0.3 is 0 Å².